The number of fused-ring (bicyclic) bond motifs is 3. The van der Waals surface area contributed by atoms with Gasteiger partial charge in [-0.25, -0.2) is 0 Å². The average molecular weight is 377 g/mol. The molecular weight excluding hydrogens is 354 g/mol. The first kappa shape index (κ1) is 17.7. The van der Waals surface area contributed by atoms with Crippen molar-refractivity contribution < 1.29 is 4.79 Å². The molecule has 142 valence electrons. The van der Waals surface area contributed by atoms with Gasteiger partial charge >= 0.3 is 0 Å². The summed E-state index contributed by atoms with van der Waals surface area (Å²) in [6.07, 6.45) is 0.497. The number of carbonyl (C=O) groups is 1. The molecule has 1 atom stereocenters. The van der Waals surface area contributed by atoms with Gasteiger partial charge in [-0.15, -0.1) is 0 Å². The van der Waals surface area contributed by atoms with Crippen molar-refractivity contribution in [3.63, 3.8) is 0 Å². The topological polar surface area (TPSA) is 20.3 Å². The number of rotatable bonds is 3. The quantitative estimate of drug-likeness (QED) is 0.415. The number of hydrogen-bond acceptors (Lipinski definition) is 1. The standard InChI is InChI=1S/C27H23NO/c1-19-8-7-9-20(16-19)18-28-25-15-14-22-12-5-6-13-23(22)27(25)24(17-26(28)29)21-10-3-2-4-11-21/h2-16,24H,17-18H2,1H3. The van der Waals surface area contributed by atoms with E-state index in [1.54, 1.807) is 0 Å². The number of benzene rings is 4. The van der Waals surface area contributed by atoms with Gasteiger partial charge in [-0.05, 0) is 40.5 Å². The van der Waals surface area contributed by atoms with E-state index >= 15 is 0 Å². The summed E-state index contributed by atoms with van der Waals surface area (Å²) in [6.45, 7) is 2.70. The van der Waals surface area contributed by atoms with Crippen LogP contribution in [0.15, 0.2) is 91.0 Å². The first-order chi connectivity index (χ1) is 14.2. The Morgan fingerprint density at radius 2 is 1.66 bits per heavy atom. The second kappa shape index (κ2) is 7.21. The summed E-state index contributed by atoms with van der Waals surface area (Å²) in [7, 11) is 0. The van der Waals surface area contributed by atoms with E-state index in [9.17, 15) is 4.79 Å². The minimum absolute atomic E-state index is 0.0820. The van der Waals surface area contributed by atoms with Crippen molar-refractivity contribution in [2.45, 2.75) is 25.8 Å². The molecule has 0 radical (unpaired) electrons. The maximum Gasteiger partial charge on any atom is 0.228 e. The first-order valence-corrected chi connectivity index (χ1v) is 10.1. The van der Waals surface area contributed by atoms with E-state index in [2.05, 4.69) is 91.9 Å². The molecule has 1 unspecified atom stereocenters. The van der Waals surface area contributed by atoms with Crippen molar-refractivity contribution in [2.24, 2.45) is 0 Å². The molecule has 0 fully saturated rings. The molecule has 29 heavy (non-hydrogen) atoms. The van der Waals surface area contributed by atoms with Gasteiger partial charge in [0.1, 0.15) is 0 Å². The van der Waals surface area contributed by atoms with Gasteiger partial charge in [0.2, 0.25) is 5.91 Å². The highest BCUT2D eigenvalue weighted by Gasteiger charge is 2.33. The lowest BCUT2D eigenvalue weighted by atomic mass is 9.81. The smallest absolute Gasteiger partial charge is 0.228 e. The summed E-state index contributed by atoms with van der Waals surface area (Å²) in [5, 5.41) is 2.46. The second-order valence-electron chi connectivity index (χ2n) is 7.86. The number of carbonyl (C=O) groups excluding carboxylic acids is 1. The zero-order valence-electron chi connectivity index (χ0n) is 16.5. The molecule has 1 heterocycles. The molecule has 1 aliphatic heterocycles. The Labute approximate surface area is 171 Å². The molecule has 0 aliphatic carbocycles. The predicted octanol–water partition coefficient (Wildman–Crippen LogP) is 6.22. The molecule has 4 aromatic carbocycles. The number of aryl methyl sites for hydroxylation is 1. The molecule has 0 saturated heterocycles. The maximum absolute atomic E-state index is 13.3. The van der Waals surface area contributed by atoms with Gasteiger partial charge in [0.25, 0.3) is 0 Å². The van der Waals surface area contributed by atoms with Crippen LogP contribution in [0.5, 0.6) is 0 Å². The zero-order chi connectivity index (χ0) is 19.8. The Bertz CT molecular complexity index is 1200. The van der Waals surface area contributed by atoms with Crippen molar-refractivity contribution >= 4 is 22.4 Å². The van der Waals surface area contributed by atoms with Crippen molar-refractivity contribution in [2.75, 3.05) is 4.90 Å². The van der Waals surface area contributed by atoms with E-state index in [-0.39, 0.29) is 11.8 Å². The van der Waals surface area contributed by atoms with Crippen LogP contribution in [0.2, 0.25) is 0 Å². The first-order valence-electron chi connectivity index (χ1n) is 10.1. The van der Waals surface area contributed by atoms with Crippen molar-refractivity contribution in [3.8, 4) is 0 Å². The molecule has 5 rings (SSSR count). The van der Waals surface area contributed by atoms with E-state index in [0.29, 0.717) is 13.0 Å². The van der Waals surface area contributed by atoms with Crippen LogP contribution in [0, 0.1) is 6.92 Å². The Morgan fingerprint density at radius 3 is 2.48 bits per heavy atom. The normalized spacial score (nSPS) is 16.1. The molecule has 0 bridgehead atoms. The average Bonchev–Trinajstić information content (AvgIpc) is 2.76. The van der Waals surface area contributed by atoms with Crippen LogP contribution < -0.4 is 4.90 Å². The van der Waals surface area contributed by atoms with Crippen LogP contribution >= 0.6 is 0 Å². The summed E-state index contributed by atoms with van der Waals surface area (Å²) in [6, 6.07) is 31.6. The second-order valence-corrected chi connectivity index (χ2v) is 7.86. The molecule has 0 aromatic heterocycles. The monoisotopic (exact) mass is 377 g/mol. The van der Waals surface area contributed by atoms with Gasteiger partial charge in [0.15, 0.2) is 0 Å². The Kier molecular flexibility index (Phi) is 4.40. The minimum Gasteiger partial charge on any atom is -0.308 e. The molecule has 4 aromatic rings. The molecule has 0 saturated carbocycles. The van der Waals surface area contributed by atoms with Crippen LogP contribution in [0.1, 0.15) is 34.6 Å². The fraction of sp³-hybridized carbons (Fsp3) is 0.148. The van der Waals surface area contributed by atoms with Crippen LogP contribution in [0.3, 0.4) is 0 Å². The van der Waals surface area contributed by atoms with E-state index in [1.165, 1.54) is 27.5 Å². The highest BCUT2D eigenvalue weighted by Crippen LogP contribution is 2.44. The van der Waals surface area contributed by atoms with Gasteiger partial charge in [-0.1, -0.05) is 90.5 Å². The number of anilines is 1. The van der Waals surface area contributed by atoms with Crippen molar-refractivity contribution in [1.82, 2.24) is 0 Å². The fourth-order valence-corrected chi connectivity index (χ4v) is 4.54. The van der Waals surface area contributed by atoms with Gasteiger partial charge in [-0.2, -0.15) is 0 Å². The van der Waals surface area contributed by atoms with Gasteiger partial charge in [0.05, 0.1) is 6.54 Å². The van der Waals surface area contributed by atoms with Gasteiger partial charge < -0.3 is 4.90 Å². The molecule has 0 spiro atoms. The zero-order valence-corrected chi connectivity index (χ0v) is 16.5. The molecule has 2 nitrogen and oxygen atoms in total. The Morgan fingerprint density at radius 1 is 0.862 bits per heavy atom. The van der Waals surface area contributed by atoms with Crippen LogP contribution in [0.4, 0.5) is 5.69 Å². The maximum atomic E-state index is 13.3. The summed E-state index contributed by atoms with van der Waals surface area (Å²) < 4.78 is 0. The highest BCUT2D eigenvalue weighted by atomic mass is 16.2. The molecular formula is C27H23NO. The third-order valence-electron chi connectivity index (χ3n) is 5.89. The lowest BCUT2D eigenvalue weighted by Crippen LogP contribution is -2.36. The minimum atomic E-state index is 0.0820. The van der Waals surface area contributed by atoms with Crippen molar-refractivity contribution in [3.05, 3.63) is 113 Å². The highest BCUT2D eigenvalue weighted by molar-refractivity contribution is 6.03. The van der Waals surface area contributed by atoms with Gasteiger partial charge in [-0.3, -0.25) is 4.79 Å². The molecule has 1 aliphatic rings. The summed E-state index contributed by atoms with van der Waals surface area (Å²) in [5.74, 6) is 0.265. The molecule has 1 amide bonds. The summed E-state index contributed by atoms with van der Waals surface area (Å²) in [4.78, 5) is 15.3. The third kappa shape index (κ3) is 3.21. The summed E-state index contributed by atoms with van der Waals surface area (Å²) in [5.41, 5.74) is 5.88. The predicted molar refractivity (Wildman–Crippen MR) is 119 cm³/mol. The number of hydrogen-bond donors (Lipinski definition) is 0. The van der Waals surface area contributed by atoms with Crippen LogP contribution in [-0.4, -0.2) is 5.91 Å². The molecule has 0 N–H and O–H groups in total. The van der Waals surface area contributed by atoms with Crippen molar-refractivity contribution in [1.29, 1.82) is 0 Å². The van der Waals surface area contributed by atoms with Gasteiger partial charge in [0, 0.05) is 18.0 Å². The SMILES string of the molecule is Cc1cccc(CN2C(=O)CC(c3ccccc3)c3c2ccc2ccccc32)c1. The third-order valence-corrected chi connectivity index (χ3v) is 5.89. The molecule has 2 heteroatoms. The van der Waals surface area contributed by atoms with E-state index in [1.807, 2.05) is 11.0 Å². The Hall–Kier alpha value is -3.39. The van der Waals surface area contributed by atoms with Crippen LogP contribution in [-0.2, 0) is 11.3 Å². The Balaban J connectivity index is 1.68. The van der Waals surface area contributed by atoms with E-state index in [4.69, 9.17) is 0 Å². The van der Waals surface area contributed by atoms with E-state index < -0.39 is 0 Å². The summed E-state index contributed by atoms with van der Waals surface area (Å²) >= 11 is 0. The van der Waals surface area contributed by atoms with E-state index in [0.717, 1.165) is 11.3 Å². The van der Waals surface area contributed by atoms with Crippen LogP contribution in [0.25, 0.3) is 10.8 Å². The number of amides is 1. The lowest BCUT2D eigenvalue weighted by Gasteiger charge is -2.35. The largest absolute Gasteiger partial charge is 0.308 e. The fourth-order valence-electron chi connectivity index (χ4n) is 4.54. The lowest BCUT2D eigenvalue weighted by molar-refractivity contribution is -0.119. The number of nitrogens with zero attached hydrogens (tertiary/aromatic N) is 1.